The van der Waals surface area contributed by atoms with Gasteiger partial charge in [0.15, 0.2) is 5.65 Å². The van der Waals surface area contributed by atoms with Crippen molar-refractivity contribution >= 4 is 17.4 Å². The second-order valence-electron chi connectivity index (χ2n) is 6.36. The molecule has 3 aromatic rings. The molecule has 0 unspecified atom stereocenters. The van der Waals surface area contributed by atoms with Crippen molar-refractivity contribution in [3.63, 3.8) is 0 Å². The lowest BCUT2D eigenvalue weighted by Crippen LogP contribution is -2.21. The summed E-state index contributed by atoms with van der Waals surface area (Å²) in [7, 11) is 0. The van der Waals surface area contributed by atoms with Gasteiger partial charge < -0.3 is 10.6 Å². The van der Waals surface area contributed by atoms with Crippen LogP contribution in [0.3, 0.4) is 0 Å². The predicted molar refractivity (Wildman–Crippen MR) is 90.9 cm³/mol. The van der Waals surface area contributed by atoms with Crippen LogP contribution in [0, 0.1) is 0 Å². The van der Waals surface area contributed by atoms with Crippen LogP contribution in [0.2, 0.25) is 0 Å². The van der Waals surface area contributed by atoms with Gasteiger partial charge in [0, 0.05) is 24.5 Å². The lowest BCUT2D eigenvalue weighted by Gasteiger charge is -2.14. The van der Waals surface area contributed by atoms with Crippen LogP contribution in [0.15, 0.2) is 42.7 Å². The van der Waals surface area contributed by atoms with Crippen molar-refractivity contribution < 1.29 is 13.2 Å². The van der Waals surface area contributed by atoms with Crippen molar-refractivity contribution in [2.45, 2.75) is 37.5 Å². The van der Waals surface area contributed by atoms with Crippen molar-refractivity contribution in [1.29, 1.82) is 0 Å². The average Bonchev–Trinajstić information content (AvgIpc) is 3.20. The molecule has 3 heterocycles. The van der Waals surface area contributed by atoms with Gasteiger partial charge in [0.25, 0.3) is 0 Å². The van der Waals surface area contributed by atoms with Gasteiger partial charge in [-0.2, -0.15) is 18.2 Å². The first-order valence-electron chi connectivity index (χ1n) is 8.35. The van der Waals surface area contributed by atoms with Crippen LogP contribution < -0.4 is 10.6 Å². The van der Waals surface area contributed by atoms with E-state index < -0.39 is 11.7 Å². The van der Waals surface area contributed by atoms with Crippen LogP contribution in [0.1, 0.15) is 24.8 Å². The van der Waals surface area contributed by atoms with Crippen molar-refractivity contribution in [3.8, 4) is 0 Å². The van der Waals surface area contributed by atoms with E-state index >= 15 is 0 Å². The maximum atomic E-state index is 12.8. The fraction of sp³-hybridized carbons (Fsp3) is 0.353. The molecule has 0 radical (unpaired) electrons. The summed E-state index contributed by atoms with van der Waals surface area (Å²) in [4.78, 5) is 8.42. The van der Waals surface area contributed by atoms with Gasteiger partial charge in [-0.05, 0) is 43.5 Å². The predicted octanol–water partition coefficient (Wildman–Crippen LogP) is 3.59. The molecular formula is C17H17F3N6. The Hall–Kier alpha value is -2.84. The van der Waals surface area contributed by atoms with E-state index in [1.54, 1.807) is 6.20 Å². The summed E-state index contributed by atoms with van der Waals surface area (Å²) in [6.07, 6.45) is 1.38. The van der Waals surface area contributed by atoms with E-state index in [9.17, 15) is 13.2 Å². The molecule has 0 aromatic carbocycles. The highest BCUT2D eigenvalue weighted by Gasteiger charge is 2.31. The third kappa shape index (κ3) is 3.56. The Morgan fingerprint density at radius 3 is 2.62 bits per heavy atom. The van der Waals surface area contributed by atoms with Crippen LogP contribution in [0.5, 0.6) is 0 Å². The molecule has 0 saturated heterocycles. The van der Waals surface area contributed by atoms with Crippen molar-refractivity contribution in [2.24, 2.45) is 0 Å². The Balaban J connectivity index is 1.41. The molecule has 9 heteroatoms. The Labute approximate surface area is 147 Å². The number of rotatable bonds is 4. The number of aromatic nitrogens is 4. The summed E-state index contributed by atoms with van der Waals surface area (Å²) in [5.41, 5.74) is -0.562. The number of anilines is 2. The maximum Gasteiger partial charge on any atom is 0.416 e. The van der Waals surface area contributed by atoms with Gasteiger partial charge in [-0.3, -0.25) is 0 Å². The molecule has 0 amide bonds. The van der Waals surface area contributed by atoms with Crippen LogP contribution in [0.4, 0.5) is 24.9 Å². The van der Waals surface area contributed by atoms with Crippen LogP contribution >= 0.6 is 0 Å². The van der Waals surface area contributed by atoms with E-state index in [4.69, 9.17) is 0 Å². The summed E-state index contributed by atoms with van der Waals surface area (Å²) in [6, 6.07) is 8.15. The summed E-state index contributed by atoms with van der Waals surface area (Å²) in [5.74, 6) is 1.18. The Bertz CT molecular complexity index is 892. The first-order chi connectivity index (χ1) is 12.5. The number of hydrogen-bond acceptors (Lipinski definition) is 5. The molecule has 3 aromatic heterocycles. The number of alkyl halides is 3. The van der Waals surface area contributed by atoms with E-state index in [0.717, 1.165) is 37.2 Å². The SMILES string of the molecule is FC(F)(F)c1ccn2nc(N[C@H]3CC[C@H](Nc4ccccn4)C3)nc2c1. The Morgan fingerprint density at radius 1 is 1.08 bits per heavy atom. The van der Waals surface area contributed by atoms with Crippen LogP contribution in [-0.4, -0.2) is 31.7 Å². The molecule has 2 N–H and O–H groups in total. The van der Waals surface area contributed by atoms with Gasteiger partial charge in [-0.15, -0.1) is 5.10 Å². The lowest BCUT2D eigenvalue weighted by molar-refractivity contribution is -0.137. The average molecular weight is 362 g/mol. The molecule has 2 atom stereocenters. The highest BCUT2D eigenvalue weighted by molar-refractivity contribution is 5.46. The smallest absolute Gasteiger partial charge is 0.367 e. The van der Waals surface area contributed by atoms with Crippen molar-refractivity contribution in [3.05, 3.63) is 48.3 Å². The van der Waals surface area contributed by atoms with E-state index in [1.165, 1.54) is 10.7 Å². The number of nitrogens with zero attached hydrogens (tertiary/aromatic N) is 4. The van der Waals surface area contributed by atoms with Gasteiger partial charge in [-0.1, -0.05) is 6.07 Å². The molecule has 1 aliphatic rings. The zero-order chi connectivity index (χ0) is 18.1. The van der Waals surface area contributed by atoms with E-state index in [1.807, 2.05) is 18.2 Å². The van der Waals surface area contributed by atoms with E-state index in [2.05, 4.69) is 25.7 Å². The van der Waals surface area contributed by atoms with E-state index in [-0.39, 0.29) is 17.7 Å². The molecule has 0 spiro atoms. The fourth-order valence-electron chi connectivity index (χ4n) is 3.20. The fourth-order valence-corrected chi connectivity index (χ4v) is 3.20. The molecule has 0 aliphatic heterocycles. The molecule has 26 heavy (non-hydrogen) atoms. The molecule has 6 nitrogen and oxygen atoms in total. The summed E-state index contributed by atoms with van der Waals surface area (Å²) in [6.45, 7) is 0. The molecule has 0 bridgehead atoms. The summed E-state index contributed by atoms with van der Waals surface area (Å²) >= 11 is 0. The van der Waals surface area contributed by atoms with Crippen LogP contribution in [-0.2, 0) is 6.18 Å². The largest absolute Gasteiger partial charge is 0.416 e. The zero-order valence-corrected chi connectivity index (χ0v) is 13.7. The third-order valence-electron chi connectivity index (χ3n) is 4.45. The number of hydrogen-bond donors (Lipinski definition) is 2. The number of nitrogens with one attached hydrogen (secondary N) is 2. The topological polar surface area (TPSA) is 67.1 Å². The second kappa shape index (κ2) is 6.47. The highest BCUT2D eigenvalue weighted by atomic mass is 19.4. The number of pyridine rings is 2. The number of halogens is 3. The second-order valence-corrected chi connectivity index (χ2v) is 6.36. The van der Waals surface area contributed by atoms with Crippen LogP contribution in [0.25, 0.3) is 5.65 Å². The standard InChI is InChI=1S/C17H17F3N6/c18-17(19,20)11-6-8-26-15(9-11)24-16(25-26)23-13-5-4-12(10-13)22-14-3-1-2-7-21-14/h1-3,6-9,12-13H,4-5,10H2,(H,21,22)(H,23,25)/t12-,13-/m0/s1. The first kappa shape index (κ1) is 16.6. The van der Waals surface area contributed by atoms with Gasteiger partial charge in [-0.25, -0.2) is 9.50 Å². The molecule has 136 valence electrons. The minimum absolute atomic E-state index is 0.163. The molecule has 4 rings (SSSR count). The molecule has 1 saturated carbocycles. The minimum atomic E-state index is -4.39. The highest BCUT2D eigenvalue weighted by Crippen LogP contribution is 2.30. The molecular weight excluding hydrogens is 345 g/mol. The first-order valence-corrected chi connectivity index (χ1v) is 8.35. The Morgan fingerprint density at radius 2 is 1.88 bits per heavy atom. The van der Waals surface area contributed by atoms with E-state index in [0.29, 0.717) is 5.95 Å². The normalized spacial score (nSPS) is 20.4. The quantitative estimate of drug-likeness (QED) is 0.742. The lowest BCUT2D eigenvalue weighted by atomic mass is 10.2. The summed E-state index contributed by atoms with van der Waals surface area (Å²) in [5, 5.41) is 10.8. The third-order valence-corrected chi connectivity index (χ3v) is 4.45. The number of fused-ring (bicyclic) bond motifs is 1. The van der Waals surface area contributed by atoms with Crippen molar-refractivity contribution in [2.75, 3.05) is 10.6 Å². The van der Waals surface area contributed by atoms with Gasteiger partial charge in [0.05, 0.1) is 5.56 Å². The maximum absolute atomic E-state index is 12.8. The minimum Gasteiger partial charge on any atom is -0.367 e. The Kier molecular flexibility index (Phi) is 4.14. The molecule has 1 aliphatic carbocycles. The van der Waals surface area contributed by atoms with Gasteiger partial charge in [0.1, 0.15) is 5.82 Å². The van der Waals surface area contributed by atoms with Crippen molar-refractivity contribution in [1.82, 2.24) is 19.6 Å². The molecule has 1 fully saturated rings. The summed E-state index contributed by atoms with van der Waals surface area (Å²) < 4.78 is 39.7. The zero-order valence-electron chi connectivity index (χ0n) is 13.7. The van der Waals surface area contributed by atoms with Gasteiger partial charge in [0.2, 0.25) is 5.95 Å². The van der Waals surface area contributed by atoms with Gasteiger partial charge >= 0.3 is 6.18 Å². The monoisotopic (exact) mass is 362 g/mol.